The Kier molecular flexibility index (Phi) is 2.87. The molecule has 0 aliphatic carbocycles. The molecule has 80 valence electrons. The average molecular weight is 205 g/mol. The number of aromatic nitrogens is 1. The molecule has 15 heavy (non-hydrogen) atoms. The Morgan fingerprint density at radius 3 is 2.87 bits per heavy atom. The maximum atomic E-state index is 5.51. The average Bonchev–Trinajstić information content (AvgIpc) is 2.59. The SMILES string of the molecule is CN(C)CCNc1nc2ccccc2o1. The van der Waals surface area contributed by atoms with Crippen molar-refractivity contribution in [2.75, 3.05) is 32.5 Å². The molecule has 0 atom stereocenters. The van der Waals surface area contributed by atoms with E-state index in [0.29, 0.717) is 6.01 Å². The van der Waals surface area contributed by atoms with Crippen LogP contribution < -0.4 is 5.32 Å². The molecule has 2 rings (SSSR count). The van der Waals surface area contributed by atoms with Gasteiger partial charge >= 0.3 is 0 Å². The predicted octanol–water partition coefficient (Wildman–Crippen LogP) is 1.80. The minimum Gasteiger partial charge on any atom is -0.424 e. The first-order valence-electron chi connectivity index (χ1n) is 5.00. The fourth-order valence-electron chi connectivity index (χ4n) is 1.33. The van der Waals surface area contributed by atoms with Gasteiger partial charge in [0.05, 0.1) is 0 Å². The number of oxazole rings is 1. The van der Waals surface area contributed by atoms with E-state index < -0.39 is 0 Å². The summed E-state index contributed by atoms with van der Waals surface area (Å²) >= 11 is 0. The Labute approximate surface area is 88.9 Å². The first-order chi connectivity index (χ1) is 7.25. The molecule has 0 saturated carbocycles. The lowest BCUT2D eigenvalue weighted by Gasteiger charge is -2.08. The van der Waals surface area contributed by atoms with Crippen LogP contribution in [0.1, 0.15) is 0 Å². The third-order valence-corrected chi connectivity index (χ3v) is 2.13. The van der Waals surface area contributed by atoms with E-state index >= 15 is 0 Å². The first kappa shape index (κ1) is 9.98. The van der Waals surface area contributed by atoms with Crippen LogP contribution in [-0.4, -0.2) is 37.1 Å². The van der Waals surface area contributed by atoms with Gasteiger partial charge in [0, 0.05) is 13.1 Å². The molecule has 4 nitrogen and oxygen atoms in total. The number of para-hydroxylation sites is 2. The molecule has 1 aromatic carbocycles. The van der Waals surface area contributed by atoms with Crippen molar-refractivity contribution in [3.8, 4) is 0 Å². The Balaban J connectivity index is 2.03. The fraction of sp³-hybridized carbons (Fsp3) is 0.364. The van der Waals surface area contributed by atoms with E-state index in [-0.39, 0.29) is 0 Å². The topological polar surface area (TPSA) is 41.3 Å². The van der Waals surface area contributed by atoms with Gasteiger partial charge in [0.2, 0.25) is 0 Å². The largest absolute Gasteiger partial charge is 0.424 e. The predicted molar refractivity (Wildman–Crippen MR) is 61.1 cm³/mol. The van der Waals surface area contributed by atoms with Crippen LogP contribution in [0.3, 0.4) is 0 Å². The monoisotopic (exact) mass is 205 g/mol. The second-order valence-corrected chi connectivity index (χ2v) is 3.72. The van der Waals surface area contributed by atoms with Gasteiger partial charge in [0.1, 0.15) is 5.52 Å². The van der Waals surface area contributed by atoms with Crippen LogP contribution >= 0.6 is 0 Å². The molecule has 0 fully saturated rings. The molecule has 0 bridgehead atoms. The van der Waals surface area contributed by atoms with E-state index in [1.54, 1.807) is 0 Å². The summed E-state index contributed by atoms with van der Waals surface area (Å²) in [6.45, 7) is 1.79. The molecule has 0 amide bonds. The maximum absolute atomic E-state index is 5.51. The summed E-state index contributed by atoms with van der Waals surface area (Å²) < 4.78 is 5.51. The highest BCUT2D eigenvalue weighted by molar-refractivity contribution is 5.74. The first-order valence-corrected chi connectivity index (χ1v) is 5.00. The van der Waals surface area contributed by atoms with E-state index in [4.69, 9.17) is 4.42 Å². The van der Waals surface area contributed by atoms with Gasteiger partial charge in [-0.1, -0.05) is 12.1 Å². The molecule has 2 aromatic rings. The number of fused-ring (bicyclic) bond motifs is 1. The molecule has 0 aliphatic heterocycles. The van der Waals surface area contributed by atoms with Crippen LogP contribution in [0.4, 0.5) is 6.01 Å². The van der Waals surface area contributed by atoms with Gasteiger partial charge in [-0.2, -0.15) is 4.98 Å². The highest BCUT2D eigenvalue weighted by Gasteiger charge is 2.03. The highest BCUT2D eigenvalue weighted by Crippen LogP contribution is 2.17. The normalized spacial score (nSPS) is 11.1. The number of nitrogens with zero attached hydrogens (tertiary/aromatic N) is 2. The number of benzene rings is 1. The number of hydrogen-bond donors (Lipinski definition) is 1. The summed E-state index contributed by atoms with van der Waals surface area (Å²) in [5.74, 6) is 0. The number of hydrogen-bond acceptors (Lipinski definition) is 4. The van der Waals surface area contributed by atoms with Crippen LogP contribution in [0.15, 0.2) is 28.7 Å². The summed E-state index contributed by atoms with van der Waals surface area (Å²) in [5, 5.41) is 3.15. The lowest BCUT2D eigenvalue weighted by molar-refractivity contribution is 0.423. The fourth-order valence-corrected chi connectivity index (χ4v) is 1.33. The van der Waals surface area contributed by atoms with Crippen LogP contribution in [-0.2, 0) is 0 Å². The lowest BCUT2D eigenvalue weighted by atomic mass is 10.3. The molecule has 1 heterocycles. The van der Waals surface area contributed by atoms with Crippen LogP contribution in [0, 0.1) is 0 Å². The molecule has 0 radical (unpaired) electrons. The molecular weight excluding hydrogens is 190 g/mol. The van der Waals surface area contributed by atoms with Crippen LogP contribution in [0.25, 0.3) is 11.1 Å². The summed E-state index contributed by atoms with van der Waals surface area (Å²) in [7, 11) is 4.07. The summed E-state index contributed by atoms with van der Waals surface area (Å²) in [4.78, 5) is 6.42. The molecule has 4 heteroatoms. The van der Waals surface area contributed by atoms with Crippen molar-refractivity contribution in [2.24, 2.45) is 0 Å². The van der Waals surface area contributed by atoms with E-state index in [1.807, 2.05) is 38.4 Å². The Bertz CT molecular complexity index is 403. The van der Waals surface area contributed by atoms with Crippen molar-refractivity contribution in [1.82, 2.24) is 9.88 Å². The van der Waals surface area contributed by atoms with Gasteiger partial charge in [-0.05, 0) is 26.2 Å². The van der Waals surface area contributed by atoms with Crippen molar-refractivity contribution in [1.29, 1.82) is 0 Å². The van der Waals surface area contributed by atoms with Crippen molar-refractivity contribution < 1.29 is 4.42 Å². The third-order valence-electron chi connectivity index (χ3n) is 2.13. The van der Waals surface area contributed by atoms with Crippen molar-refractivity contribution >= 4 is 17.1 Å². The Morgan fingerprint density at radius 1 is 1.33 bits per heavy atom. The quantitative estimate of drug-likeness (QED) is 0.826. The number of likely N-dealkylation sites (N-methyl/N-ethyl adjacent to an activating group) is 1. The van der Waals surface area contributed by atoms with Gasteiger partial charge in [-0.15, -0.1) is 0 Å². The summed E-state index contributed by atoms with van der Waals surface area (Å²) in [6.07, 6.45) is 0. The Morgan fingerprint density at radius 2 is 2.13 bits per heavy atom. The van der Waals surface area contributed by atoms with Crippen LogP contribution in [0.2, 0.25) is 0 Å². The highest BCUT2D eigenvalue weighted by atomic mass is 16.4. The standard InChI is InChI=1S/C11H15N3O/c1-14(2)8-7-12-11-13-9-5-3-4-6-10(9)15-11/h3-6H,7-8H2,1-2H3,(H,12,13). The number of nitrogens with one attached hydrogen (secondary N) is 1. The molecule has 0 spiro atoms. The third kappa shape index (κ3) is 2.47. The maximum Gasteiger partial charge on any atom is 0.295 e. The van der Waals surface area contributed by atoms with E-state index in [9.17, 15) is 0 Å². The summed E-state index contributed by atoms with van der Waals surface area (Å²) in [5.41, 5.74) is 1.72. The van der Waals surface area contributed by atoms with Gasteiger partial charge < -0.3 is 14.6 Å². The van der Waals surface area contributed by atoms with Crippen LogP contribution in [0.5, 0.6) is 0 Å². The number of anilines is 1. The second-order valence-electron chi connectivity index (χ2n) is 3.72. The van der Waals surface area contributed by atoms with E-state index in [1.165, 1.54) is 0 Å². The van der Waals surface area contributed by atoms with Gasteiger partial charge in [0.15, 0.2) is 5.58 Å². The number of rotatable bonds is 4. The molecule has 1 aromatic heterocycles. The molecule has 0 unspecified atom stereocenters. The van der Waals surface area contributed by atoms with Gasteiger partial charge in [-0.25, -0.2) is 0 Å². The molecular formula is C11H15N3O. The molecule has 0 aliphatic rings. The van der Waals surface area contributed by atoms with Crippen molar-refractivity contribution in [3.05, 3.63) is 24.3 Å². The van der Waals surface area contributed by atoms with E-state index in [0.717, 1.165) is 24.2 Å². The zero-order valence-electron chi connectivity index (χ0n) is 9.03. The molecule has 0 saturated heterocycles. The lowest BCUT2D eigenvalue weighted by Crippen LogP contribution is -2.20. The zero-order chi connectivity index (χ0) is 10.7. The van der Waals surface area contributed by atoms with E-state index in [2.05, 4.69) is 15.2 Å². The zero-order valence-corrected chi connectivity index (χ0v) is 9.03. The second kappa shape index (κ2) is 4.31. The minimum absolute atomic E-state index is 0.595. The minimum atomic E-state index is 0.595. The van der Waals surface area contributed by atoms with Crippen molar-refractivity contribution in [3.63, 3.8) is 0 Å². The summed E-state index contributed by atoms with van der Waals surface area (Å²) in [6, 6.07) is 8.35. The van der Waals surface area contributed by atoms with Gasteiger partial charge in [-0.3, -0.25) is 0 Å². The van der Waals surface area contributed by atoms with Gasteiger partial charge in [0.25, 0.3) is 6.01 Å². The van der Waals surface area contributed by atoms with Crippen molar-refractivity contribution in [2.45, 2.75) is 0 Å². The molecule has 1 N–H and O–H groups in total. The smallest absolute Gasteiger partial charge is 0.295 e. The Hall–Kier alpha value is -1.55.